The second-order valence-corrected chi connectivity index (χ2v) is 3.94. The molecule has 0 aliphatic rings. The quantitative estimate of drug-likeness (QED) is 0.890. The molecule has 1 N–H and O–H groups in total. The third kappa shape index (κ3) is 3.71. The number of halogens is 1. The normalized spacial score (nSPS) is 9.68. The summed E-state index contributed by atoms with van der Waals surface area (Å²) in [7, 11) is 0. The van der Waals surface area contributed by atoms with Gasteiger partial charge in [-0.1, -0.05) is 12.1 Å². The highest BCUT2D eigenvalue weighted by atomic mass is 19.1. The van der Waals surface area contributed by atoms with Crippen molar-refractivity contribution in [3.05, 3.63) is 59.7 Å². The molecule has 0 unspecified atom stereocenters. The number of hydrogen-bond acceptors (Lipinski definition) is 3. The summed E-state index contributed by atoms with van der Waals surface area (Å²) in [6.07, 6.45) is 0. The van der Waals surface area contributed by atoms with E-state index < -0.39 is 6.86 Å². The molecule has 0 fully saturated rings. The fourth-order valence-corrected chi connectivity index (χ4v) is 1.67. The first-order valence-electron chi connectivity index (χ1n) is 5.83. The predicted octanol–water partition coefficient (Wildman–Crippen LogP) is 3.48. The molecule has 0 spiro atoms. The summed E-state index contributed by atoms with van der Waals surface area (Å²) >= 11 is 0. The van der Waals surface area contributed by atoms with Gasteiger partial charge in [-0.15, -0.1) is 0 Å². The van der Waals surface area contributed by atoms with E-state index in [9.17, 15) is 4.39 Å². The highest BCUT2D eigenvalue weighted by Gasteiger charge is 1.98. The third-order valence-electron chi connectivity index (χ3n) is 2.63. The van der Waals surface area contributed by atoms with Crippen LogP contribution in [0.2, 0.25) is 0 Å². The lowest BCUT2D eigenvalue weighted by atomic mass is 10.2. The second-order valence-electron chi connectivity index (χ2n) is 3.94. The summed E-state index contributed by atoms with van der Waals surface area (Å²) in [6.45, 7) is -0.220. The van der Waals surface area contributed by atoms with E-state index in [1.165, 1.54) is 0 Å². The molecule has 0 aliphatic heterocycles. The standard InChI is InChI=1S/C15H13FN2O/c16-11-19-15-3-1-2-13(8-15)10-18-14-6-4-12(9-17)5-7-14/h1-8,18H,10-11H2. The zero-order valence-corrected chi connectivity index (χ0v) is 10.3. The molecule has 96 valence electrons. The van der Waals surface area contributed by atoms with Crippen molar-refractivity contribution in [2.45, 2.75) is 6.54 Å². The van der Waals surface area contributed by atoms with Crippen LogP contribution in [0.3, 0.4) is 0 Å². The van der Waals surface area contributed by atoms with Gasteiger partial charge in [0.05, 0.1) is 11.6 Å². The molecular formula is C15H13FN2O. The van der Waals surface area contributed by atoms with Gasteiger partial charge in [-0.3, -0.25) is 0 Å². The molecule has 0 heterocycles. The first kappa shape index (κ1) is 12.9. The minimum absolute atomic E-state index is 0.515. The summed E-state index contributed by atoms with van der Waals surface area (Å²) in [6, 6.07) is 16.5. The molecule has 4 heteroatoms. The van der Waals surface area contributed by atoms with Gasteiger partial charge in [0.25, 0.3) is 0 Å². The molecule has 0 radical (unpaired) electrons. The Kier molecular flexibility index (Phi) is 4.35. The van der Waals surface area contributed by atoms with Crippen molar-refractivity contribution in [1.29, 1.82) is 5.26 Å². The highest BCUT2D eigenvalue weighted by molar-refractivity contribution is 5.47. The fourth-order valence-electron chi connectivity index (χ4n) is 1.67. The van der Waals surface area contributed by atoms with E-state index >= 15 is 0 Å². The maximum atomic E-state index is 12.1. The van der Waals surface area contributed by atoms with E-state index in [1.807, 2.05) is 24.3 Å². The van der Waals surface area contributed by atoms with E-state index in [4.69, 9.17) is 10.00 Å². The van der Waals surface area contributed by atoms with Crippen molar-refractivity contribution < 1.29 is 9.13 Å². The summed E-state index contributed by atoms with van der Waals surface area (Å²) in [4.78, 5) is 0. The van der Waals surface area contributed by atoms with Crippen molar-refractivity contribution in [2.24, 2.45) is 0 Å². The third-order valence-corrected chi connectivity index (χ3v) is 2.63. The Hall–Kier alpha value is -2.54. The van der Waals surface area contributed by atoms with Crippen LogP contribution in [-0.2, 0) is 6.54 Å². The minimum atomic E-state index is -0.827. The van der Waals surface area contributed by atoms with Crippen molar-refractivity contribution in [3.8, 4) is 11.8 Å². The molecule has 0 bridgehead atoms. The molecule has 2 aromatic rings. The lowest BCUT2D eigenvalue weighted by Gasteiger charge is -2.08. The van der Waals surface area contributed by atoms with Gasteiger partial charge >= 0.3 is 0 Å². The van der Waals surface area contributed by atoms with Crippen LogP contribution in [0.25, 0.3) is 0 Å². The number of nitriles is 1. The van der Waals surface area contributed by atoms with Crippen LogP contribution in [-0.4, -0.2) is 6.86 Å². The molecule has 0 aliphatic carbocycles. The first-order chi connectivity index (χ1) is 9.31. The average Bonchev–Trinajstić information content (AvgIpc) is 2.46. The van der Waals surface area contributed by atoms with E-state index in [0.717, 1.165) is 11.3 Å². The molecular weight excluding hydrogens is 243 g/mol. The molecule has 2 rings (SSSR count). The van der Waals surface area contributed by atoms with E-state index in [0.29, 0.717) is 17.9 Å². The Bertz CT molecular complexity index is 575. The predicted molar refractivity (Wildman–Crippen MR) is 71.5 cm³/mol. The average molecular weight is 256 g/mol. The number of nitrogens with zero attached hydrogens (tertiary/aromatic N) is 1. The molecule has 0 amide bonds. The minimum Gasteiger partial charge on any atom is -0.463 e. The monoisotopic (exact) mass is 256 g/mol. The van der Waals surface area contributed by atoms with Gasteiger partial charge in [0, 0.05) is 12.2 Å². The lowest BCUT2D eigenvalue weighted by molar-refractivity contribution is 0.191. The largest absolute Gasteiger partial charge is 0.463 e. The topological polar surface area (TPSA) is 45.0 Å². The number of alkyl halides is 1. The smallest absolute Gasteiger partial charge is 0.228 e. The molecule has 0 aromatic heterocycles. The van der Waals surface area contributed by atoms with Crippen LogP contribution < -0.4 is 10.1 Å². The molecule has 19 heavy (non-hydrogen) atoms. The fraction of sp³-hybridized carbons (Fsp3) is 0.133. The zero-order chi connectivity index (χ0) is 13.5. The van der Waals surface area contributed by atoms with Crippen molar-refractivity contribution in [2.75, 3.05) is 12.2 Å². The SMILES string of the molecule is N#Cc1ccc(NCc2cccc(OCF)c2)cc1. The molecule has 2 aromatic carbocycles. The van der Waals surface area contributed by atoms with Crippen LogP contribution in [0.1, 0.15) is 11.1 Å². The van der Waals surface area contributed by atoms with Gasteiger partial charge in [0.15, 0.2) is 0 Å². The van der Waals surface area contributed by atoms with Gasteiger partial charge < -0.3 is 10.1 Å². The molecule has 0 atom stereocenters. The lowest BCUT2D eigenvalue weighted by Crippen LogP contribution is -2.00. The Balaban J connectivity index is 1.97. The molecule has 3 nitrogen and oxygen atoms in total. The van der Waals surface area contributed by atoms with E-state index in [1.54, 1.807) is 24.3 Å². The van der Waals surface area contributed by atoms with Crippen LogP contribution in [0, 0.1) is 11.3 Å². The summed E-state index contributed by atoms with van der Waals surface area (Å²) < 4.78 is 16.9. The number of ether oxygens (including phenoxy) is 1. The van der Waals surface area contributed by atoms with Crippen molar-refractivity contribution >= 4 is 5.69 Å². The Morgan fingerprint density at radius 3 is 2.63 bits per heavy atom. The number of benzene rings is 2. The van der Waals surface area contributed by atoms with E-state index in [2.05, 4.69) is 11.4 Å². The first-order valence-corrected chi connectivity index (χ1v) is 5.83. The number of rotatable bonds is 5. The van der Waals surface area contributed by atoms with Gasteiger partial charge in [-0.25, -0.2) is 4.39 Å². The van der Waals surface area contributed by atoms with Crippen LogP contribution >= 0.6 is 0 Å². The Morgan fingerprint density at radius 1 is 1.16 bits per heavy atom. The van der Waals surface area contributed by atoms with Crippen molar-refractivity contribution in [3.63, 3.8) is 0 Å². The van der Waals surface area contributed by atoms with Gasteiger partial charge in [-0.2, -0.15) is 5.26 Å². The summed E-state index contributed by atoms with van der Waals surface area (Å²) in [5.41, 5.74) is 2.55. The van der Waals surface area contributed by atoms with Crippen LogP contribution in [0.5, 0.6) is 5.75 Å². The van der Waals surface area contributed by atoms with Crippen molar-refractivity contribution in [1.82, 2.24) is 0 Å². The maximum absolute atomic E-state index is 12.1. The number of anilines is 1. The zero-order valence-electron chi connectivity index (χ0n) is 10.3. The Labute approximate surface area is 111 Å². The van der Waals surface area contributed by atoms with E-state index in [-0.39, 0.29) is 0 Å². The number of nitrogens with one attached hydrogen (secondary N) is 1. The highest BCUT2D eigenvalue weighted by Crippen LogP contribution is 2.15. The second kappa shape index (κ2) is 6.41. The summed E-state index contributed by atoms with van der Waals surface area (Å²) in [5.74, 6) is 0.515. The number of hydrogen-bond donors (Lipinski definition) is 1. The maximum Gasteiger partial charge on any atom is 0.228 e. The van der Waals surface area contributed by atoms with Crippen LogP contribution in [0.15, 0.2) is 48.5 Å². The van der Waals surface area contributed by atoms with Gasteiger partial charge in [0.1, 0.15) is 5.75 Å². The summed E-state index contributed by atoms with van der Waals surface area (Å²) in [5, 5.41) is 11.9. The van der Waals surface area contributed by atoms with Gasteiger partial charge in [0.2, 0.25) is 6.86 Å². The molecule has 0 saturated heterocycles. The Morgan fingerprint density at radius 2 is 1.95 bits per heavy atom. The molecule has 0 saturated carbocycles. The van der Waals surface area contributed by atoms with Crippen LogP contribution in [0.4, 0.5) is 10.1 Å². The van der Waals surface area contributed by atoms with Gasteiger partial charge in [-0.05, 0) is 42.0 Å².